The molecule has 0 aliphatic carbocycles. The number of hydrogen-bond acceptors (Lipinski definition) is 3. The van der Waals surface area contributed by atoms with E-state index >= 15 is 0 Å². The van der Waals surface area contributed by atoms with E-state index in [9.17, 15) is 22.2 Å². The molecule has 0 radical (unpaired) electrons. The summed E-state index contributed by atoms with van der Waals surface area (Å²) in [5, 5.41) is 0. The van der Waals surface area contributed by atoms with E-state index in [1.807, 2.05) is 4.90 Å². The summed E-state index contributed by atoms with van der Waals surface area (Å²) < 4.78 is 48.3. The second-order valence-electron chi connectivity index (χ2n) is 4.90. The summed E-state index contributed by atoms with van der Waals surface area (Å²) in [7, 11) is -3.02. The van der Waals surface area contributed by atoms with Gasteiger partial charge in [0.1, 0.15) is 0 Å². The van der Waals surface area contributed by atoms with Crippen molar-refractivity contribution < 1.29 is 22.2 Å². The van der Waals surface area contributed by atoms with E-state index in [2.05, 4.69) is 0 Å². The number of halogens is 3. The maximum absolute atomic E-state index is 12.4. The predicted molar refractivity (Wildman–Crippen MR) is 73.0 cm³/mol. The number of carbonyl (C=O) groups is 1. The summed E-state index contributed by atoms with van der Waals surface area (Å²) in [6.45, 7) is 1.17. The fraction of sp³-hybridized carbons (Fsp3) is 0.462. The van der Waals surface area contributed by atoms with Gasteiger partial charge in [0.25, 0.3) is 0 Å². The summed E-state index contributed by atoms with van der Waals surface area (Å²) in [5.41, 5.74) is 1.23. The summed E-state index contributed by atoms with van der Waals surface area (Å²) in [5.74, 6) is -0.614. The standard InChI is InChI=1S/C13H15F3N2O2S/c14-13(15,16)21(20)11-5-3-10(4-6-11)18-7-1-2-9(8-18)12(17)19/h3-6,9H,1-2,7-8H2,(H2,17,19)/t9-,21+/m1/s1. The molecule has 2 rings (SSSR count). The number of anilines is 1. The monoisotopic (exact) mass is 320 g/mol. The van der Waals surface area contributed by atoms with E-state index in [4.69, 9.17) is 5.73 Å². The van der Waals surface area contributed by atoms with E-state index in [-0.39, 0.29) is 16.7 Å². The molecule has 1 heterocycles. The van der Waals surface area contributed by atoms with Gasteiger partial charge in [0.15, 0.2) is 10.8 Å². The molecule has 1 saturated heterocycles. The lowest BCUT2D eigenvalue weighted by atomic mass is 9.97. The Morgan fingerprint density at radius 1 is 1.29 bits per heavy atom. The molecule has 1 fully saturated rings. The van der Waals surface area contributed by atoms with Crippen LogP contribution >= 0.6 is 0 Å². The van der Waals surface area contributed by atoms with Crippen molar-refractivity contribution in [3.63, 3.8) is 0 Å². The van der Waals surface area contributed by atoms with Gasteiger partial charge in [0.05, 0.1) is 5.92 Å². The van der Waals surface area contributed by atoms with Crippen molar-refractivity contribution in [3.05, 3.63) is 24.3 Å². The molecule has 8 heteroatoms. The zero-order valence-corrected chi connectivity index (χ0v) is 11.9. The van der Waals surface area contributed by atoms with Crippen molar-refractivity contribution in [2.24, 2.45) is 11.7 Å². The largest absolute Gasteiger partial charge is 0.475 e. The van der Waals surface area contributed by atoms with Crippen molar-refractivity contribution in [2.45, 2.75) is 23.2 Å². The highest BCUT2D eigenvalue weighted by Crippen LogP contribution is 2.29. The lowest BCUT2D eigenvalue weighted by molar-refractivity contribution is -0.122. The van der Waals surface area contributed by atoms with Gasteiger partial charge in [-0.05, 0) is 37.1 Å². The van der Waals surface area contributed by atoms with Crippen LogP contribution in [0.4, 0.5) is 18.9 Å². The zero-order chi connectivity index (χ0) is 15.6. The average molecular weight is 320 g/mol. The Kier molecular flexibility index (Phi) is 4.55. The SMILES string of the molecule is NC(=O)[C@@H]1CCCN(c2ccc([S@](=O)C(F)(F)F)cc2)C1. The number of amides is 1. The van der Waals surface area contributed by atoms with Crippen LogP contribution in [0.25, 0.3) is 0 Å². The molecular formula is C13H15F3N2O2S. The summed E-state index contributed by atoms with van der Waals surface area (Å²) in [6, 6.07) is 5.38. The van der Waals surface area contributed by atoms with Gasteiger partial charge >= 0.3 is 5.51 Å². The van der Waals surface area contributed by atoms with Crippen LogP contribution in [0.3, 0.4) is 0 Å². The maximum Gasteiger partial charge on any atom is 0.475 e. The highest BCUT2D eigenvalue weighted by atomic mass is 32.2. The number of piperidine rings is 1. The quantitative estimate of drug-likeness (QED) is 0.927. The Labute approximate surface area is 122 Å². The second-order valence-corrected chi connectivity index (χ2v) is 6.37. The minimum Gasteiger partial charge on any atom is -0.371 e. The lowest BCUT2D eigenvalue weighted by Crippen LogP contribution is -2.41. The van der Waals surface area contributed by atoms with Gasteiger partial charge in [0.2, 0.25) is 5.91 Å². The molecule has 1 amide bonds. The third kappa shape index (κ3) is 3.75. The molecule has 0 unspecified atom stereocenters. The Morgan fingerprint density at radius 2 is 1.90 bits per heavy atom. The molecule has 1 aromatic rings. The number of nitrogens with two attached hydrogens (primary N) is 1. The van der Waals surface area contributed by atoms with Crippen LogP contribution in [0.15, 0.2) is 29.2 Å². The molecule has 0 aromatic heterocycles. The van der Waals surface area contributed by atoms with E-state index in [0.717, 1.165) is 12.8 Å². The first kappa shape index (κ1) is 15.8. The van der Waals surface area contributed by atoms with Crippen molar-refractivity contribution in [2.75, 3.05) is 18.0 Å². The lowest BCUT2D eigenvalue weighted by Gasteiger charge is -2.33. The molecule has 1 aliphatic heterocycles. The number of nitrogens with zero attached hydrogens (tertiary/aromatic N) is 1. The smallest absolute Gasteiger partial charge is 0.371 e. The third-order valence-electron chi connectivity index (χ3n) is 3.45. The minimum absolute atomic E-state index is 0.247. The van der Waals surface area contributed by atoms with E-state index in [1.54, 1.807) is 0 Å². The zero-order valence-electron chi connectivity index (χ0n) is 11.1. The molecule has 4 nitrogen and oxygen atoms in total. The molecule has 1 aromatic carbocycles. The molecular weight excluding hydrogens is 305 g/mol. The fourth-order valence-electron chi connectivity index (χ4n) is 2.36. The van der Waals surface area contributed by atoms with Gasteiger partial charge in [-0.25, -0.2) is 4.21 Å². The van der Waals surface area contributed by atoms with Crippen LogP contribution < -0.4 is 10.6 Å². The maximum atomic E-state index is 12.4. The van der Waals surface area contributed by atoms with Crippen molar-refractivity contribution in [1.29, 1.82) is 0 Å². The number of alkyl halides is 3. The topological polar surface area (TPSA) is 63.4 Å². The highest BCUT2D eigenvalue weighted by molar-refractivity contribution is 7.86. The van der Waals surface area contributed by atoms with Gasteiger partial charge < -0.3 is 10.6 Å². The summed E-state index contributed by atoms with van der Waals surface area (Å²) >= 11 is 0. The number of hydrogen-bond donors (Lipinski definition) is 1. The Balaban J connectivity index is 2.12. The van der Waals surface area contributed by atoms with Gasteiger partial charge in [0, 0.05) is 23.7 Å². The average Bonchev–Trinajstić information content (AvgIpc) is 2.46. The fourth-order valence-corrected chi connectivity index (χ4v) is 3.01. The normalized spacial score (nSPS) is 21.1. The first-order chi connectivity index (χ1) is 9.79. The Morgan fingerprint density at radius 3 is 2.43 bits per heavy atom. The van der Waals surface area contributed by atoms with Gasteiger partial charge in [-0.1, -0.05) is 0 Å². The summed E-state index contributed by atoms with van der Waals surface area (Å²) in [6.07, 6.45) is 1.52. The first-order valence-electron chi connectivity index (χ1n) is 6.42. The number of carbonyl (C=O) groups excluding carboxylic acids is 1. The van der Waals surface area contributed by atoms with Crippen molar-refractivity contribution >= 4 is 22.4 Å². The Hall–Kier alpha value is -1.57. The minimum atomic E-state index is -4.76. The molecule has 0 bridgehead atoms. The van der Waals surface area contributed by atoms with Crippen LogP contribution in [0.5, 0.6) is 0 Å². The molecule has 2 N–H and O–H groups in total. The molecule has 0 spiro atoms. The van der Waals surface area contributed by atoms with Gasteiger partial charge in [-0.3, -0.25) is 4.79 Å². The number of primary amides is 1. The van der Waals surface area contributed by atoms with Crippen LogP contribution in [0.2, 0.25) is 0 Å². The van der Waals surface area contributed by atoms with Crippen LogP contribution in [0.1, 0.15) is 12.8 Å². The van der Waals surface area contributed by atoms with Gasteiger partial charge in [-0.15, -0.1) is 0 Å². The molecule has 1 aliphatic rings. The van der Waals surface area contributed by atoms with Crippen LogP contribution in [0, 0.1) is 5.92 Å². The molecule has 21 heavy (non-hydrogen) atoms. The third-order valence-corrected chi connectivity index (χ3v) is 4.57. The summed E-state index contributed by atoms with van der Waals surface area (Å²) in [4.78, 5) is 12.8. The van der Waals surface area contributed by atoms with E-state index < -0.39 is 16.3 Å². The predicted octanol–water partition coefficient (Wildman–Crippen LogP) is 2.02. The van der Waals surface area contributed by atoms with E-state index in [1.165, 1.54) is 24.3 Å². The second kappa shape index (κ2) is 6.05. The van der Waals surface area contributed by atoms with Crippen molar-refractivity contribution in [1.82, 2.24) is 0 Å². The van der Waals surface area contributed by atoms with Crippen molar-refractivity contribution in [3.8, 4) is 0 Å². The number of benzene rings is 1. The first-order valence-corrected chi connectivity index (χ1v) is 7.57. The Bertz CT molecular complexity index is 545. The van der Waals surface area contributed by atoms with Crippen LogP contribution in [-0.4, -0.2) is 28.7 Å². The number of rotatable bonds is 3. The molecule has 116 valence electrons. The molecule has 2 atom stereocenters. The van der Waals surface area contributed by atoms with E-state index in [0.29, 0.717) is 18.8 Å². The van der Waals surface area contributed by atoms with Gasteiger partial charge in [-0.2, -0.15) is 13.2 Å². The highest BCUT2D eigenvalue weighted by Gasteiger charge is 2.38. The molecule has 0 saturated carbocycles. The van der Waals surface area contributed by atoms with Crippen LogP contribution in [-0.2, 0) is 15.6 Å².